The van der Waals surface area contributed by atoms with E-state index in [1.807, 2.05) is 44.2 Å². The molecule has 3 atom stereocenters. The summed E-state index contributed by atoms with van der Waals surface area (Å²) in [7, 11) is 0. The van der Waals surface area contributed by atoms with Crippen LogP contribution in [0.5, 0.6) is 0 Å². The molecule has 3 heterocycles. The predicted molar refractivity (Wildman–Crippen MR) is 101 cm³/mol. The first-order chi connectivity index (χ1) is 12.8. The van der Waals surface area contributed by atoms with Crippen LogP contribution < -0.4 is 10.4 Å². The van der Waals surface area contributed by atoms with E-state index in [2.05, 4.69) is 15.3 Å². The number of fused-ring (bicyclic) bond motifs is 1. The molecule has 2 fully saturated rings. The maximum Gasteiger partial charge on any atom is 0.249 e. The summed E-state index contributed by atoms with van der Waals surface area (Å²) < 4.78 is -0.605. The van der Waals surface area contributed by atoms with Crippen LogP contribution in [0.25, 0.3) is 11.3 Å². The lowest BCUT2D eigenvalue weighted by Crippen LogP contribution is -2.69. The number of amides is 1. The van der Waals surface area contributed by atoms with Gasteiger partial charge in [-0.3, -0.25) is 4.79 Å². The minimum absolute atomic E-state index is 0.246. The van der Waals surface area contributed by atoms with Crippen LogP contribution in [-0.2, 0) is 9.59 Å². The van der Waals surface area contributed by atoms with Crippen molar-refractivity contribution in [3.8, 4) is 11.3 Å². The van der Waals surface area contributed by atoms with Crippen molar-refractivity contribution in [1.29, 1.82) is 0 Å². The van der Waals surface area contributed by atoms with Gasteiger partial charge in [-0.15, -0.1) is 11.8 Å². The third kappa shape index (κ3) is 2.93. The van der Waals surface area contributed by atoms with Crippen LogP contribution >= 0.6 is 11.8 Å². The fourth-order valence-electron chi connectivity index (χ4n) is 3.68. The number of nitrogens with zero attached hydrogens (tertiary/aromatic N) is 3. The lowest BCUT2D eigenvalue weighted by Gasteiger charge is -2.45. The molecule has 2 aromatic rings. The second kappa shape index (κ2) is 6.23. The van der Waals surface area contributed by atoms with Crippen LogP contribution in [0.4, 0.5) is 5.82 Å². The monoisotopic (exact) mass is 383 g/mol. The van der Waals surface area contributed by atoms with Crippen molar-refractivity contribution in [1.82, 2.24) is 14.9 Å². The minimum Gasteiger partial charge on any atom is -0.548 e. The van der Waals surface area contributed by atoms with Crippen molar-refractivity contribution in [3.63, 3.8) is 0 Å². The Bertz CT molecular complexity index is 918. The zero-order valence-electron chi connectivity index (χ0n) is 15.2. The highest BCUT2D eigenvalue weighted by Crippen LogP contribution is 2.51. The molecule has 0 radical (unpaired) electrons. The number of aryl methyl sites for hydroxylation is 1. The largest absolute Gasteiger partial charge is 0.548 e. The van der Waals surface area contributed by atoms with Gasteiger partial charge < -0.3 is 20.1 Å². The topological polar surface area (TPSA) is 98.2 Å². The smallest absolute Gasteiger partial charge is 0.249 e. The summed E-state index contributed by atoms with van der Waals surface area (Å²) in [6.07, 6.45) is 0. The SMILES string of the molecule is Cc1nc(N[C@H]2C(=O)N3[C@@H]2SC(C)(C)[C@H]3C(=O)[O-])cc(-c2ccccc2)n1. The Balaban J connectivity index is 1.59. The van der Waals surface area contributed by atoms with E-state index in [-0.39, 0.29) is 11.3 Å². The first-order valence-electron chi connectivity index (χ1n) is 8.66. The van der Waals surface area contributed by atoms with Gasteiger partial charge in [-0.05, 0) is 20.8 Å². The Morgan fingerprint density at radius 3 is 2.63 bits per heavy atom. The van der Waals surface area contributed by atoms with E-state index in [4.69, 9.17) is 0 Å². The van der Waals surface area contributed by atoms with Crippen molar-refractivity contribution in [2.24, 2.45) is 0 Å². The highest BCUT2D eigenvalue weighted by Gasteiger charge is 2.61. The van der Waals surface area contributed by atoms with Gasteiger partial charge >= 0.3 is 0 Å². The molecule has 0 bridgehead atoms. The van der Waals surface area contributed by atoms with Gasteiger partial charge in [0.15, 0.2) is 0 Å². The predicted octanol–water partition coefficient (Wildman–Crippen LogP) is 1.04. The molecule has 2 aliphatic rings. The quantitative estimate of drug-likeness (QED) is 0.788. The number of carboxylic acids is 1. The molecule has 27 heavy (non-hydrogen) atoms. The van der Waals surface area contributed by atoms with Gasteiger partial charge in [-0.1, -0.05) is 30.3 Å². The fraction of sp³-hybridized carbons (Fsp3) is 0.368. The summed E-state index contributed by atoms with van der Waals surface area (Å²) in [5, 5.41) is 14.4. The summed E-state index contributed by atoms with van der Waals surface area (Å²) in [6.45, 7) is 5.44. The van der Waals surface area contributed by atoms with E-state index >= 15 is 0 Å². The molecule has 1 aromatic carbocycles. The van der Waals surface area contributed by atoms with E-state index in [0.717, 1.165) is 11.3 Å². The van der Waals surface area contributed by atoms with E-state index in [1.54, 1.807) is 13.0 Å². The Hall–Kier alpha value is -2.61. The van der Waals surface area contributed by atoms with Gasteiger partial charge in [-0.25, -0.2) is 9.97 Å². The van der Waals surface area contributed by atoms with Crippen LogP contribution in [0.3, 0.4) is 0 Å². The minimum atomic E-state index is -1.22. The number of aliphatic carboxylic acids is 1. The summed E-state index contributed by atoms with van der Waals surface area (Å²) >= 11 is 1.47. The molecular formula is C19H19N4O3S-. The van der Waals surface area contributed by atoms with Crippen LogP contribution in [-0.4, -0.2) is 48.9 Å². The molecule has 140 valence electrons. The standard InChI is InChI=1S/C19H20N4O3S/c1-10-20-12(11-7-5-4-6-8-11)9-13(21-10)22-14-16(24)23-15(18(25)26)19(2,3)27-17(14)23/h4-9,14-15,17H,1-3H3,(H,25,26)(H,20,21,22)/p-1/t14-,15+,17+/m0/s1. The molecule has 2 saturated heterocycles. The number of hydrogen-bond acceptors (Lipinski definition) is 7. The number of benzene rings is 1. The van der Waals surface area contributed by atoms with Gasteiger partial charge in [0.1, 0.15) is 23.1 Å². The number of anilines is 1. The zero-order valence-corrected chi connectivity index (χ0v) is 16.0. The molecule has 0 aliphatic carbocycles. The molecule has 1 amide bonds. The Morgan fingerprint density at radius 2 is 1.96 bits per heavy atom. The molecule has 0 unspecified atom stereocenters. The number of β-lactam (4-membered cyclic amide) rings is 1. The van der Waals surface area contributed by atoms with Crippen molar-refractivity contribution in [2.75, 3.05) is 5.32 Å². The van der Waals surface area contributed by atoms with Gasteiger partial charge in [0.05, 0.1) is 17.7 Å². The fourth-order valence-corrected chi connectivity index (χ4v) is 5.30. The summed E-state index contributed by atoms with van der Waals surface area (Å²) in [5.41, 5.74) is 1.72. The normalized spacial score (nSPS) is 25.7. The van der Waals surface area contributed by atoms with Crippen LogP contribution in [0, 0.1) is 6.92 Å². The lowest BCUT2D eigenvalue weighted by molar-refractivity contribution is -0.312. The molecule has 7 nitrogen and oxygen atoms in total. The van der Waals surface area contributed by atoms with Gasteiger partial charge in [0, 0.05) is 16.4 Å². The van der Waals surface area contributed by atoms with Crippen molar-refractivity contribution in [2.45, 2.75) is 43.0 Å². The van der Waals surface area contributed by atoms with E-state index in [9.17, 15) is 14.7 Å². The van der Waals surface area contributed by atoms with Crippen LogP contribution in [0.2, 0.25) is 0 Å². The Labute approximate surface area is 161 Å². The molecule has 8 heteroatoms. The van der Waals surface area contributed by atoms with Crippen molar-refractivity contribution >= 4 is 29.5 Å². The highest BCUT2D eigenvalue weighted by molar-refractivity contribution is 8.01. The maximum atomic E-state index is 12.6. The first-order valence-corrected chi connectivity index (χ1v) is 9.54. The van der Waals surface area contributed by atoms with E-state index in [1.165, 1.54) is 16.7 Å². The average Bonchev–Trinajstić information content (AvgIpc) is 2.88. The average molecular weight is 383 g/mol. The van der Waals surface area contributed by atoms with Gasteiger partial charge in [0.25, 0.3) is 0 Å². The van der Waals surface area contributed by atoms with Crippen molar-refractivity contribution < 1.29 is 14.7 Å². The summed E-state index contributed by atoms with van der Waals surface area (Å²) in [4.78, 5) is 34.4. The number of nitrogens with one attached hydrogen (secondary N) is 1. The van der Waals surface area contributed by atoms with Crippen LogP contribution in [0.1, 0.15) is 19.7 Å². The molecule has 1 N–H and O–H groups in total. The Morgan fingerprint density at radius 1 is 1.26 bits per heavy atom. The number of hydrogen-bond donors (Lipinski definition) is 1. The summed E-state index contributed by atoms with van der Waals surface area (Å²) in [5.74, 6) is -0.319. The molecule has 0 spiro atoms. The molecular weight excluding hydrogens is 364 g/mol. The van der Waals surface area contributed by atoms with E-state index < -0.39 is 22.8 Å². The van der Waals surface area contributed by atoms with Gasteiger partial charge in [0.2, 0.25) is 5.91 Å². The first kappa shape index (κ1) is 17.8. The maximum absolute atomic E-state index is 12.6. The van der Waals surface area contributed by atoms with Crippen LogP contribution in [0.15, 0.2) is 36.4 Å². The number of carboxylic acid groups (broad SMARTS) is 1. The number of thioether (sulfide) groups is 1. The molecule has 0 saturated carbocycles. The molecule has 4 rings (SSSR count). The third-order valence-corrected chi connectivity index (χ3v) is 6.45. The zero-order chi connectivity index (χ0) is 19.3. The second-order valence-electron chi connectivity index (χ2n) is 7.25. The summed E-state index contributed by atoms with van der Waals surface area (Å²) in [6, 6.07) is 10.1. The van der Waals surface area contributed by atoms with Gasteiger partial charge in [-0.2, -0.15) is 0 Å². The Kier molecular flexibility index (Phi) is 4.10. The third-order valence-electron chi connectivity index (χ3n) is 4.88. The van der Waals surface area contributed by atoms with E-state index in [0.29, 0.717) is 11.6 Å². The number of carbonyl (C=O) groups is 2. The van der Waals surface area contributed by atoms with Crippen molar-refractivity contribution in [3.05, 3.63) is 42.2 Å². The number of carbonyl (C=O) groups excluding carboxylic acids is 2. The molecule has 2 aliphatic heterocycles. The lowest BCUT2D eigenvalue weighted by atomic mass is 9.96. The number of aromatic nitrogens is 2. The number of rotatable bonds is 4. The molecule has 1 aromatic heterocycles. The second-order valence-corrected chi connectivity index (χ2v) is 9.02. The highest BCUT2D eigenvalue weighted by atomic mass is 32.2.